The van der Waals surface area contributed by atoms with Gasteiger partial charge in [0.1, 0.15) is 5.75 Å². The van der Waals surface area contributed by atoms with Crippen molar-refractivity contribution in [3.8, 4) is 16.9 Å². The van der Waals surface area contributed by atoms with Crippen LogP contribution in [-0.2, 0) is 10.0 Å². The van der Waals surface area contributed by atoms with E-state index in [-0.39, 0.29) is 24.6 Å². The summed E-state index contributed by atoms with van der Waals surface area (Å²) in [6.45, 7) is 5.82. The summed E-state index contributed by atoms with van der Waals surface area (Å²) in [5, 5.41) is 10.3. The highest BCUT2D eigenvalue weighted by Gasteiger charge is 2.50. The molecule has 3 aromatic rings. The molecule has 0 aliphatic carbocycles. The molecule has 37 heavy (non-hydrogen) atoms. The minimum absolute atomic E-state index is 0.000289. The summed E-state index contributed by atoms with van der Waals surface area (Å²) in [4.78, 5) is 2.70. The molecule has 7 heteroatoms. The first-order valence-electron chi connectivity index (χ1n) is 13.0. The lowest BCUT2D eigenvalue weighted by Crippen LogP contribution is -2.67. The molecule has 2 saturated heterocycles. The Morgan fingerprint density at radius 2 is 1.68 bits per heavy atom. The number of benzene rings is 3. The SMILES string of the molecule is COc1ccc(-c2ccc(C3C4CN(S(=O)(=O)c5ccccc5C)CCCCN4[C@@H]3CO)cc2)c(C)c1. The molecule has 0 aromatic heterocycles. The third-order valence-electron chi connectivity index (χ3n) is 8.08. The van der Waals surface area contributed by atoms with Gasteiger partial charge >= 0.3 is 0 Å². The van der Waals surface area contributed by atoms with Crippen LogP contribution in [0.15, 0.2) is 71.6 Å². The van der Waals surface area contributed by atoms with Gasteiger partial charge in [0.25, 0.3) is 0 Å². The second-order valence-electron chi connectivity index (χ2n) is 10.2. The summed E-state index contributed by atoms with van der Waals surface area (Å²) in [6.07, 6.45) is 1.72. The van der Waals surface area contributed by atoms with Crippen molar-refractivity contribution in [3.05, 3.63) is 83.4 Å². The Labute approximate surface area is 220 Å². The molecule has 0 amide bonds. The fraction of sp³-hybridized carbons (Fsp3) is 0.400. The number of aliphatic hydroxyl groups is 1. The molecule has 3 aromatic carbocycles. The lowest BCUT2D eigenvalue weighted by Gasteiger charge is -2.57. The third-order valence-corrected chi connectivity index (χ3v) is 10.1. The Balaban J connectivity index is 1.43. The predicted molar refractivity (Wildman–Crippen MR) is 146 cm³/mol. The van der Waals surface area contributed by atoms with E-state index in [9.17, 15) is 13.5 Å². The lowest BCUT2D eigenvalue weighted by molar-refractivity contribution is -0.0553. The van der Waals surface area contributed by atoms with Gasteiger partial charge in [-0.05, 0) is 79.3 Å². The normalized spacial score (nSPS) is 23.0. The fourth-order valence-electron chi connectivity index (χ4n) is 6.08. The number of nitrogens with zero attached hydrogens (tertiary/aromatic N) is 2. The smallest absolute Gasteiger partial charge is 0.243 e. The summed E-state index contributed by atoms with van der Waals surface area (Å²) in [6, 6.07) is 21.9. The average molecular weight is 521 g/mol. The Morgan fingerprint density at radius 1 is 0.946 bits per heavy atom. The molecular weight excluding hydrogens is 484 g/mol. The molecule has 0 radical (unpaired) electrons. The van der Waals surface area contributed by atoms with Crippen LogP contribution in [0.5, 0.6) is 5.75 Å². The number of fused-ring (bicyclic) bond motifs is 1. The molecule has 2 aliphatic heterocycles. The molecule has 2 aliphatic rings. The first-order chi connectivity index (χ1) is 17.8. The molecular formula is C30H36N2O4S. The summed E-state index contributed by atoms with van der Waals surface area (Å²) >= 11 is 0. The van der Waals surface area contributed by atoms with Crippen LogP contribution < -0.4 is 4.74 Å². The second kappa shape index (κ2) is 10.6. The molecule has 2 fully saturated rings. The highest BCUT2D eigenvalue weighted by atomic mass is 32.2. The zero-order chi connectivity index (χ0) is 26.2. The minimum Gasteiger partial charge on any atom is -0.497 e. The van der Waals surface area contributed by atoms with E-state index in [1.807, 2.05) is 31.2 Å². The van der Waals surface area contributed by atoms with E-state index in [1.54, 1.807) is 23.5 Å². The van der Waals surface area contributed by atoms with Crippen molar-refractivity contribution in [2.75, 3.05) is 33.4 Å². The molecule has 2 unspecified atom stereocenters. The Bertz CT molecular complexity index is 1360. The number of sulfonamides is 1. The number of aliphatic hydroxyl groups excluding tert-OH is 1. The standard InChI is InChI=1S/C30H36N2O4S/c1-21-8-4-5-9-29(21)37(34,35)31-16-6-7-17-32-27(19-31)30(28(32)20-33)24-12-10-23(11-13-24)26-15-14-25(36-3)18-22(26)2/h4-5,8-15,18,27-28,30,33H,6-7,16-17,19-20H2,1-3H3/t27?,28-,30?/m1/s1. The van der Waals surface area contributed by atoms with Crippen LogP contribution in [0, 0.1) is 13.8 Å². The molecule has 0 saturated carbocycles. The van der Waals surface area contributed by atoms with Gasteiger partial charge < -0.3 is 9.84 Å². The van der Waals surface area contributed by atoms with Crippen LogP contribution in [0.4, 0.5) is 0 Å². The van der Waals surface area contributed by atoms with Crippen LogP contribution in [0.25, 0.3) is 11.1 Å². The van der Waals surface area contributed by atoms with Gasteiger partial charge in [0.15, 0.2) is 0 Å². The Morgan fingerprint density at radius 3 is 2.35 bits per heavy atom. The van der Waals surface area contributed by atoms with Crippen LogP contribution in [0.1, 0.15) is 35.4 Å². The zero-order valence-corrected chi connectivity index (χ0v) is 22.6. The second-order valence-corrected chi connectivity index (χ2v) is 12.1. The lowest BCUT2D eigenvalue weighted by atomic mass is 9.74. The van der Waals surface area contributed by atoms with E-state index in [4.69, 9.17) is 4.74 Å². The van der Waals surface area contributed by atoms with E-state index in [0.29, 0.717) is 18.0 Å². The predicted octanol–water partition coefficient (Wildman–Crippen LogP) is 4.59. The Hall–Kier alpha value is -2.71. The average Bonchev–Trinajstić information content (AvgIpc) is 2.88. The van der Waals surface area contributed by atoms with Gasteiger partial charge in [-0.2, -0.15) is 4.31 Å². The molecule has 2 heterocycles. The fourth-order valence-corrected chi connectivity index (χ4v) is 7.81. The minimum atomic E-state index is -3.60. The van der Waals surface area contributed by atoms with Gasteiger partial charge in [0.05, 0.1) is 18.6 Å². The molecule has 6 nitrogen and oxygen atoms in total. The van der Waals surface area contributed by atoms with Crippen molar-refractivity contribution in [1.82, 2.24) is 9.21 Å². The van der Waals surface area contributed by atoms with Crippen LogP contribution in [0.2, 0.25) is 0 Å². The maximum atomic E-state index is 13.7. The summed E-state index contributed by atoms with van der Waals surface area (Å²) < 4.78 is 34.4. The van der Waals surface area contributed by atoms with Gasteiger partial charge in [-0.25, -0.2) is 8.42 Å². The molecule has 3 atom stereocenters. The van der Waals surface area contributed by atoms with Crippen molar-refractivity contribution in [1.29, 1.82) is 0 Å². The van der Waals surface area contributed by atoms with Crippen molar-refractivity contribution >= 4 is 10.0 Å². The first kappa shape index (κ1) is 25.9. The number of rotatable bonds is 6. The van der Waals surface area contributed by atoms with E-state index >= 15 is 0 Å². The van der Waals surface area contributed by atoms with Gasteiger partial charge in [-0.3, -0.25) is 4.90 Å². The maximum absolute atomic E-state index is 13.7. The first-order valence-corrected chi connectivity index (χ1v) is 14.5. The summed E-state index contributed by atoms with van der Waals surface area (Å²) in [5.41, 5.74) is 5.34. The number of hydrogen-bond donors (Lipinski definition) is 1. The van der Waals surface area contributed by atoms with Crippen LogP contribution >= 0.6 is 0 Å². The maximum Gasteiger partial charge on any atom is 0.243 e. The quantitative estimate of drug-likeness (QED) is 0.515. The highest BCUT2D eigenvalue weighted by molar-refractivity contribution is 7.89. The van der Waals surface area contributed by atoms with Crippen molar-refractivity contribution in [3.63, 3.8) is 0 Å². The topological polar surface area (TPSA) is 70.1 Å². The number of aryl methyl sites for hydroxylation is 2. The molecule has 1 N–H and O–H groups in total. The Kier molecular flexibility index (Phi) is 7.41. The van der Waals surface area contributed by atoms with E-state index in [2.05, 4.69) is 42.2 Å². The summed E-state index contributed by atoms with van der Waals surface area (Å²) in [5.74, 6) is 0.913. The van der Waals surface area contributed by atoms with Gasteiger partial charge in [0, 0.05) is 31.1 Å². The molecule has 0 bridgehead atoms. The zero-order valence-electron chi connectivity index (χ0n) is 21.8. The monoisotopic (exact) mass is 520 g/mol. The molecule has 196 valence electrons. The third kappa shape index (κ3) is 4.81. The van der Waals surface area contributed by atoms with Gasteiger partial charge in [0.2, 0.25) is 10.0 Å². The van der Waals surface area contributed by atoms with Gasteiger partial charge in [-0.1, -0.05) is 48.5 Å². The molecule has 5 rings (SSSR count). The van der Waals surface area contributed by atoms with Crippen LogP contribution in [-0.4, -0.2) is 68.2 Å². The van der Waals surface area contributed by atoms with Crippen LogP contribution in [0.3, 0.4) is 0 Å². The van der Waals surface area contributed by atoms with E-state index in [1.165, 1.54) is 0 Å². The largest absolute Gasteiger partial charge is 0.497 e. The molecule has 0 spiro atoms. The van der Waals surface area contributed by atoms with Crippen molar-refractivity contribution in [2.24, 2.45) is 0 Å². The van der Waals surface area contributed by atoms with Crippen molar-refractivity contribution in [2.45, 2.75) is 49.6 Å². The van der Waals surface area contributed by atoms with E-state index < -0.39 is 10.0 Å². The van der Waals surface area contributed by atoms with Crippen molar-refractivity contribution < 1.29 is 18.3 Å². The van der Waals surface area contributed by atoms with Gasteiger partial charge in [-0.15, -0.1) is 0 Å². The number of ether oxygens (including phenoxy) is 1. The van der Waals surface area contributed by atoms with E-state index in [0.717, 1.165) is 53.0 Å². The number of methoxy groups -OCH3 is 1. The summed E-state index contributed by atoms with van der Waals surface area (Å²) in [7, 11) is -1.93. The highest BCUT2D eigenvalue weighted by Crippen LogP contribution is 2.43. The number of hydrogen-bond acceptors (Lipinski definition) is 5.